The number of carbonyl (C=O) groups is 1. The second-order valence-electron chi connectivity index (χ2n) is 6.02. The summed E-state index contributed by atoms with van der Waals surface area (Å²) in [6.45, 7) is 3.77. The Labute approximate surface area is 154 Å². The van der Waals surface area contributed by atoms with Gasteiger partial charge in [-0.1, -0.05) is 48.5 Å². The van der Waals surface area contributed by atoms with Gasteiger partial charge in [0.1, 0.15) is 0 Å². The second-order valence-corrected chi connectivity index (χ2v) is 6.02. The lowest BCUT2D eigenvalue weighted by molar-refractivity contribution is 0.0154. The molecular weight excluding hydrogens is 326 g/mol. The van der Waals surface area contributed by atoms with Gasteiger partial charge in [-0.25, -0.2) is 4.79 Å². The number of nitrogens with one attached hydrogen (secondary N) is 1. The van der Waals surface area contributed by atoms with Crippen LogP contribution in [0, 0.1) is 11.3 Å². The highest BCUT2D eigenvalue weighted by atomic mass is 16.7. The summed E-state index contributed by atoms with van der Waals surface area (Å²) >= 11 is 0. The van der Waals surface area contributed by atoms with E-state index in [2.05, 4.69) is 18.1 Å². The number of hydroxylamine groups is 1. The Morgan fingerprint density at radius 2 is 2.04 bits per heavy atom. The van der Waals surface area contributed by atoms with E-state index in [4.69, 9.17) is 15.8 Å². The second kappa shape index (κ2) is 10.1. The normalized spacial score (nSPS) is 12.6. The van der Waals surface area contributed by atoms with E-state index in [1.165, 1.54) is 0 Å². The number of hydrogen-bond acceptors (Lipinski definition) is 5. The number of nitrogens with zero attached hydrogens (tertiary/aromatic N) is 1. The van der Waals surface area contributed by atoms with Crippen LogP contribution in [0.4, 0.5) is 0 Å². The maximum Gasteiger partial charge on any atom is 0.356 e. The van der Waals surface area contributed by atoms with E-state index in [1.54, 1.807) is 30.3 Å². The molecule has 5 heteroatoms. The molecule has 0 saturated heterocycles. The molecule has 0 amide bonds. The Hall–Kier alpha value is -2.94. The molecule has 1 unspecified atom stereocenters. The van der Waals surface area contributed by atoms with Crippen molar-refractivity contribution in [3.8, 4) is 6.07 Å². The van der Waals surface area contributed by atoms with Gasteiger partial charge in [-0.05, 0) is 36.1 Å². The van der Waals surface area contributed by atoms with Crippen molar-refractivity contribution in [2.75, 3.05) is 0 Å². The Kier molecular flexibility index (Phi) is 7.56. The third-order valence-electron chi connectivity index (χ3n) is 3.91. The highest BCUT2D eigenvalue weighted by Gasteiger charge is 2.15. The van der Waals surface area contributed by atoms with E-state index in [1.807, 2.05) is 30.3 Å². The van der Waals surface area contributed by atoms with Crippen LogP contribution < -0.4 is 11.2 Å². The summed E-state index contributed by atoms with van der Waals surface area (Å²) < 4.78 is 0. The van der Waals surface area contributed by atoms with Gasteiger partial charge in [-0.3, -0.25) is 0 Å². The fraction of sp³-hybridized carbons (Fsp3) is 0.238. The molecule has 0 radical (unpaired) electrons. The average Bonchev–Trinajstić information content (AvgIpc) is 2.66. The van der Waals surface area contributed by atoms with Gasteiger partial charge in [0.05, 0.1) is 24.1 Å². The zero-order valence-electron chi connectivity index (χ0n) is 14.6. The molecule has 2 aromatic carbocycles. The van der Waals surface area contributed by atoms with Gasteiger partial charge in [0.25, 0.3) is 0 Å². The lowest BCUT2D eigenvalue weighted by atomic mass is 9.98. The first-order valence-electron chi connectivity index (χ1n) is 8.48. The molecule has 0 aliphatic rings. The number of nitriles is 1. The quantitative estimate of drug-likeness (QED) is 0.535. The molecule has 0 spiro atoms. The average molecular weight is 349 g/mol. The lowest BCUT2D eigenvalue weighted by Crippen LogP contribution is -2.25. The first kappa shape index (κ1) is 19.4. The van der Waals surface area contributed by atoms with Gasteiger partial charge >= 0.3 is 5.97 Å². The molecule has 0 heterocycles. The topological polar surface area (TPSA) is 88.1 Å². The van der Waals surface area contributed by atoms with Crippen LogP contribution in [-0.4, -0.2) is 12.0 Å². The lowest BCUT2D eigenvalue weighted by Gasteiger charge is -2.18. The molecule has 26 heavy (non-hydrogen) atoms. The molecule has 0 bridgehead atoms. The van der Waals surface area contributed by atoms with Crippen LogP contribution in [0.2, 0.25) is 0 Å². The van der Waals surface area contributed by atoms with Crippen LogP contribution in [0.25, 0.3) is 0 Å². The molecule has 2 atom stereocenters. The molecule has 3 N–H and O–H groups in total. The van der Waals surface area contributed by atoms with E-state index in [0.29, 0.717) is 24.8 Å². The smallest absolute Gasteiger partial charge is 0.356 e. The van der Waals surface area contributed by atoms with Gasteiger partial charge < -0.3 is 10.6 Å². The SMILES string of the molecule is C=CCC(NOC(=O)c1ccccc1)c1cccc(C[C@@H](N)CC#N)c1. The van der Waals surface area contributed by atoms with Gasteiger partial charge in [-0.15, -0.1) is 12.1 Å². The summed E-state index contributed by atoms with van der Waals surface area (Å²) in [5, 5.41) is 8.74. The molecule has 2 aromatic rings. The van der Waals surface area contributed by atoms with Crippen LogP contribution in [-0.2, 0) is 11.3 Å². The van der Waals surface area contributed by atoms with Crippen LogP contribution in [0.3, 0.4) is 0 Å². The zero-order chi connectivity index (χ0) is 18.8. The molecule has 5 nitrogen and oxygen atoms in total. The summed E-state index contributed by atoms with van der Waals surface area (Å²) in [7, 11) is 0. The zero-order valence-corrected chi connectivity index (χ0v) is 14.6. The monoisotopic (exact) mass is 349 g/mol. The minimum absolute atomic E-state index is 0.197. The predicted molar refractivity (Wildman–Crippen MR) is 101 cm³/mol. The van der Waals surface area contributed by atoms with Crippen molar-refractivity contribution in [2.24, 2.45) is 5.73 Å². The van der Waals surface area contributed by atoms with E-state index < -0.39 is 5.97 Å². The molecule has 0 fully saturated rings. The summed E-state index contributed by atoms with van der Waals surface area (Å²) in [5.41, 5.74) is 11.3. The van der Waals surface area contributed by atoms with Crippen LogP contribution >= 0.6 is 0 Å². The summed E-state index contributed by atoms with van der Waals surface area (Å²) in [5.74, 6) is -0.438. The first-order valence-corrected chi connectivity index (χ1v) is 8.48. The highest BCUT2D eigenvalue weighted by Crippen LogP contribution is 2.20. The van der Waals surface area contributed by atoms with Gasteiger partial charge in [0, 0.05) is 6.04 Å². The van der Waals surface area contributed by atoms with Gasteiger partial charge in [-0.2, -0.15) is 5.26 Å². The van der Waals surface area contributed by atoms with Crippen molar-refractivity contribution in [1.82, 2.24) is 5.48 Å². The molecule has 0 aromatic heterocycles. The molecule has 0 aliphatic heterocycles. The first-order chi connectivity index (χ1) is 12.6. The Bertz CT molecular complexity index is 768. The van der Waals surface area contributed by atoms with E-state index >= 15 is 0 Å². The predicted octanol–water partition coefficient (Wildman–Crippen LogP) is 3.45. The van der Waals surface area contributed by atoms with Crippen molar-refractivity contribution in [1.29, 1.82) is 5.26 Å². The third-order valence-corrected chi connectivity index (χ3v) is 3.91. The van der Waals surface area contributed by atoms with Crippen molar-refractivity contribution in [2.45, 2.75) is 31.3 Å². The highest BCUT2D eigenvalue weighted by molar-refractivity contribution is 5.89. The van der Waals surface area contributed by atoms with Crippen molar-refractivity contribution >= 4 is 5.97 Å². The van der Waals surface area contributed by atoms with Gasteiger partial charge in [0.15, 0.2) is 0 Å². The number of benzene rings is 2. The summed E-state index contributed by atoms with van der Waals surface area (Å²) in [6, 6.07) is 18.3. The van der Waals surface area contributed by atoms with E-state index in [0.717, 1.165) is 11.1 Å². The molecule has 0 aliphatic carbocycles. The Morgan fingerprint density at radius 3 is 2.73 bits per heavy atom. The largest absolute Gasteiger partial charge is 0.366 e. The summed E-state index contributed by atoms with van der Waals surface area (Å²) in [4.78, 5) is 17.4. The van der Waals surface area contributed by atoms with E-state index in [9.17, 15) is 4.79 Å². The minimum atomic E-state index is -0.438. The molecule has 0 saturated carbocycles. The fourth-order valence-corrected chi connectivity index (χ4v) is 2.61. The molecular formula is C21H23N3O2. The van der Waals surface area contributed by atoms with Crippen LogP contribution in [0.1, 0.15) is 40.4 Å². The van der Waals surface area contributed by atoms with Crippen molar-refractivity contribution in [3.63, 3.8) is 0 Å². The van der Waals surface area contributed by atoms with Crippen LogP contribution in [0.15, 0.2) is 67.3 Å². The van der Waals surface area contributed by atoms with Crippen molar-refractivity contribution < 1.29 is 9.63 Å². The van der Waals surface area contributed by atoms with E-state index in [-0.39, 0.29) is 12.1 Å². The summed E-state index contributed by atoms with van der Waals surface area (Å²) in [6.07, 6.45) is 3.29. The minimum Gasteiger partial charge on any atom is -0.366 e. The van der Waals surface area contributed by atoms with Crippen LogP contribution in [0.5, 0.6) is 0 Å². The molecule has 2 rings (SSSR count). The van der Waals surface area contributed by atoms with Gasteiger partial charge in [0.2, 0.25) is 0 Å². The standard InChI is InChI=1S/C21H23N3O2/c1-2-7-20(24-26-21(25)17-9-4-3-5-10-17)18-11-6-8-16(14-18)15-19(23)12-13-22/h2-6,8-11,14,19-20,24H,1,7,12,15,23H2/t19-,20?/m0/s1. The number of carbonyl (C=O) groups excluding carboxylic acids is 1. The number of nitrogens with two attached hydrogens (primary N) is 1. The number of rotatable bonds is 9. The molecule has 134 valence electrons. The van der Waals surface area contributed by atoms with Crippen molar-refractivity contribution in [3.05, 3.63) is 83.9 Å². The Morgan fingerprint density at radius 1 is 1.27 bits per heavy atom. The fourth-order valence-electron chi connectivity index (χ4n) is 2.61. The maximum absolute atomic E-state index is 12.1. The number of hydrogen-bond donors (Lipinski definition) is 2. The third kappa shape index (κ3) is 5.85. The Balaban J connectivity index is 2.05. The maximum atomic E-state index is 12.1.